The van der Waals surface area contributed by atoms with Crippen LogP contribution in [-0.2, 0) is 0 Å². The van der Waals surface area contributed by atoms with Crippen LogP contribution in [0, 0.1) is 0 Å². The maximum Gasteiger partial charge on any atom is 0.216 e. The van der Waals surface area contributed by atoms with E-state index in [-0.39, 0.29) is 0 Å². The molecule has 0 aromatic rings. The Labute approximate surface area is 124 Å². The van der Waals surface area contributed by atoms with Crippen molar-refractivity contribution in [3.05, 3.63) is 35.8 Å². The van der Waals surface area contributed by atoms with Gasteiger partial charge in [-0.25, -0.2) is 5.06 Å². The monoisotopic (exact) mass is 292 g/mol. The molecule has 2 aliphatic rings. The molecular weight excluding hydrogens is 272 g/mol. The Kier molecular flexibility index (Phi) is 5.03. The van der Waals surface area contributed by atoms with E-state index in [0.717, 1.165) is 24.4 Å². The van der Waals surface area contributed by atoms with Crippen LogP contribution in [0.5, 0.6) is 0 Å². The second-order valence-electron chi connectivity index (χ2n) is 5.04. The molecule has 0 amide bonds. The minimum Gasteiger partial charge on any atom is -0.343 e. The molecule has 1 saturated heterocycles. The number of nitrogens with zero attached hydrogens (tertiary/aromatic N) is 4. The van der Waals surface area contributed by atoms with Gasteiger partial charge in [-0.3, -0.25) is 5.21 Å². The zero-order chi connectivity index (χ0) is 14.5. The normalized spacial score (nSPS) is 25.4. The van der Waals surface area contributed by atoms with Crippen LogP contribution in [0.4, 0.5) is 0 Å². The molecule has 2 rings (SSSR count). The van der Waals surface area contributed by atoms with Crippen molar-refractivity contribution in [1.29, 1.82) is 0 Å². The summed E-state index contributed by atoms with van der Waals surface area (Å²) in [5.41, 5.74) is 1.23. The molecule has 2 heterocycles. The Bertz CT molecular complexity index is 495. The average Bonchev–Trinajstić information content (AvgIpc) is 2.45. The van der Waals surface area contributed by atoms with Crippen LogP contribution < -0.4 is 0 Å². The van der Waals surface area contributed by atoms with E-state index in [1.165, 1.54) is 6.42 Å². The number of hydrogen-bond donors (Lipinski definition) is 1. The standard InChI is InChI=1S/C14H20N4OS/c1-11-7-3-5-9-17(11)14(20)16-15-12(2)13-8-4-6-10-18(13)19/h4,6,8,10-11,19H,3,5,7,9H2,1-2H3/t11-/m1/s1. The van der Waals surface area contributed by atoms with Crippen LogP contribution in [-0.4, -0.2) is 32.9 Å². The first-order valence-electron chi connectivity index (χ1n) is 6.86. The number of likely N-dealkylation sites (tertiary alicyclic amines) is 1. The first-order chi connectivity index (χ1) is 9.59. The molecule has 20 heavy (non-hydrogen) atoms. The molecule has 0 spiro atoms. The van der Waals surface area contributed by atoms with Gasteiger partial charge in [-0.1, -0.05) is 6.08 Å². The summed E-state index contributed by atoms with van der Waals surface area (Å²) in [6.07, 6.45) is 10.5. The summed E-state index contributed by atoms with van der Waals surface area (Å²) in [5, 5.41) is 19.5. The lowest BCUT2D eigenvalue weighted by molar-refractivity contribution is -0.00149. The van der Waals surface area contributed by atoms with Gasteiger partial charge in [0.2, 0.25) is 5.11 Å². The van der Waals surface area contributed by atoms with Gasteiger partial charge >= 0.3 is 0 Å². The molecule has 2 aliphatic heterocycles. The van der Waals surface area contributed by atoms with Crippen LogP contribution in [0.15, 0.2) is 46.1 Å². The number of hydroxylamine groups is 2. The molecule has 0 aromatic heterocycles. The topological polar surface area (TPSA) is 51.4 Å². The van der Waals surface area contributed by atoms with E-state index in [9.17, 15) is 5.21 Å². The van der Waals surface area contributed by atoms with Gasteiger partial charge < -0.3 is 4.90 Å². The van der Waals surface area contributed by atoms with Crippen molar-refractivity contribution in [1.82, 2.24) is 9.96 Å². The molecule has 108 valence electrons. The lowest BCUT2D eigenvalue weighted by atomic mass is 10.0. The van der Waals surface area contributed by atoms with E-state index in [1.807, 2.05) is 6.08 Å². The predicted octanol–water partition coefficient (Wildman–Crippen LogP) is 3.60. The highest BCUT2D eigenvalue weighted by atomic mass is 32.1. The highest BCUT2D eigenvalue weighted by Gasteiger charge is 2.20. The smallest absolute Gasteiger partial charge is 0.216 e. The summed E-state index contributed by atoms with van der Waals surface area (Å²) in [7, 11) is 0. The third-order valence-electron chi connectivity index (χ3n) is 3.54. The Morgan fingerprint density at radius 2 is 2.15 bits per heavy atom. The minimum absolute atomic E-state index is 0.426. The van der Waals surface area contributed by atoms with E-state index >= 15 is 0 Å². The molecule has 1 atom stereocenters. The van der Waals surface area contributed by atoms with Crippen molar-refractivity contribution in [2.45, 2.75) is 39.2 Å². The van der Waals surface area contributed by atoms with Crippen LogP contribution in [0.3, 0.4) is 0 Å². The third kappa shape index (κ3) is 3.52. The van der Waals surface area contributed by atoms with Crippen molar-refractivity contribution >= 4 is 17.3 Å². The zero-order valence-corrected chi connectivity index (χ0v) is 12.7. The van der Waals surface area contributed by atoms with Crippen molar-refractivity contribution in [2.75, 3.05) is 6.54 Å². The summed E-state index contributed by atoms with van der Waals surface area (Å²) in [6, 6.07) is 0.426. The fraction of sp³-hybridized carbons (Fsp3) is 0.500. The predicted molar refractivity (Wildman–Crippen MR) is 82.1 cm³/mol. The van der Waals surface area contributed by atoms with Crippen molar-refractivity contribution in [2.24, 2.45) is 10.2 Å². The lowest BCUT2D eigenvalue weighted by Crippen LogP contribution is -2.40. The van der Waals surface area contributed by atoms with Gasteiger partial charge in [0.1, 0.15) is 0 Å². The van der Waals surface area contributed by atoms with E-state index in [2.05, 4.69) is 22.1 Å². The molecule has 0 radical (unpaired) electrons. The first-order valence-corrected chi connectivity index (χ1v) is 7.26. The van der Waals surface area contributed by atoms with Gasteiger partial charge in [-0.05, 0) is 57.5 Å². The molecule has 1 fully saturated rings. The number of allylic oxidation sites excluding steroid dienone is 4. The third-order valence-corrected chi connectivity index (χ3v) is 3.86. The van der Waals surface area contributed by atoms with Gasteiger partial charge in [0.15, 0.2) is 0 Å². The second-order valence-corrected chi connectivity index (χ2v) is 5.40. The van der Waals surface area contributed by atoms with E-state index in [4.69, 9.17) is 12.2 Å². The fourth-order valence-corrected chi connectivity index (χ4v) is 2.64. The molecule has 0 bridgehead atoms. The molecule has 0 aliphatic carbocycles. The molecular formula is C14H20N4OS. The van der Waals surface area contributed by atoms with Crippen molar-refractivity contribution < 1.29 is 5.21 Å². The molecule has 0 aromatic carbocycles. The van der Waals surface area contributed by atoms with Gasteiger partial charge in [-0.15, -0.1) is 5.11 Å². The number of rotatable bonds is 1. The quantitative estimate of drug-likeness (QED) is 0.592. The molecule has 6 heteroatoms. The van der Waals surface area contributed by atoms with Crippen LogP contribution in [0.1, 0.15) is 33.1 Å². The maximum absolute atomic E-state index is 9.69. The number of thiocarbonyl (C=S) groups is 1. The average molecular weight is 292 g/mol. The Morgan fingerprint density at radius 3 is 2.85 bits per heavy atom. The van der Waals surface area contributed by atoms with Crippen LogP contribution in [0.2, 0.25) is 0 Å². The molecule has 0 unspecified atom stereocenters. The highest BCUT2D eigenvalue weighted by molar-refractivity contribution is 7.80. The summed E-state index contributed by atoms with van der Waals surface area (Å²) in [4.78, 5) is 2.12. The zero-order valence-electron chi connectivity index (χ0n) is 11.9. The summed E-state index contributed by atoms with van der Waals surface area (Å²) in [6.45, 7) is 4.91. The molecule has 5 nitrogen and oxygen atoms in total. The second kappa shape index (κ2) is 6.76. The molecule has 0 saturated carbocycles. The summed E-state index contributed by atoms with van der Waals surface area (Å²) >= 11 is 5.34. The number of azo groups is 1. The van der Waals surface area contributed by atoms with Crippen molar-refractivity contribution in [3.63, 3.8) is 0 Å². The SMILES string of the molecule is CC(N=NC(=S)N1CCCC[C@H]1C)=C1C=CC=CN1O. The van der Waals surface area contributed by atoms with Gasteiger partial charge in [0.25, 0.3) is 0 Å². The Balaban J connectivity index is 2.05. The Morgan fingerprint density at radius 1 is 1.35 bits per heavy atom. The van der Waals surface area contributed by atoms with E-state index in [1.54, 1.807) is 25.3 Å². The number of piperidine rings is 1. The first kappa shape index (κ1) is 14.9. The molecule has 1 N–H and O–H groups in total. The minimum atomic E-state index is 0.426. The number of hydrogen-bond acceptors (Lipinski definition) is 4. The van der Waals surface area contributed by atoms with Crippen LogP contribution in [0.25, 0.3) is 0 Å². The van der Waals surface area contributed by atoms with Gasteiger partial charge in [0.05, 0.1) is 11.4 Å². The largest absolute Gasteiger partial charge is 0.343 e. The maximum atomic E-state index is 9.69. The van der Waals surface area contributed by atoms with E-state index < -0.39 is 0 Å². The van der Waals surface area contributed by atoms with Crippen molar-refractivity contribution in [3.8, 4) is 0 Å². The van der Waals surface area contributed by atoms with Gasteiger partial charge in [0, 0.05) is 18.8 Å². The highest BCUT2D eigenvalue weighted by Crippen LogP contribution is 2.19. The Hall–Kier alpha value is -1.53. The summed E-state index contributed by atoms with van der Waals surface area (Å²) < 4.78 is 0. The van der Waals surface area contributed by atoms with E-state index in [0.29, 0.717) is 22.5 Å². The summed E-state index contributed by atoms with van der Waals surface area (Å²) in [5.74, 6) is 0. The lowest BCUT2D eigenvalue weighted by Gasteiger charge is -2.33. The van der Waals surface area contributed by atoms with Gasteiger partial charge in [-0.2, -0.15) is 5.11 Å². The van der Waals surface area contributed by atoms with Crippen LogP contribution >= 0.6 is 12.2 Å². The fourth-order valence-electron chi connectivity index (χ4n) is 2.33.